The molecular weight excluding hydrogens is 414 g/mol. The van der Waals surface area contributed by atoms with Crippen molar-refractivity contribution in [2.24, 2.45) is 0 Å². The second-order valence-corrected chi connectivity index (χ2v) is 8.96. The molecule has 1 aromatic heterocycles. The number of rotatable bonds is 5. The Hall–Kier alpha value is -0.0700. The molecule has 8 nitrogen and oxygen atoms in total. The van der Waals surface area contributed by atoms with Crippen LogP contribution in [0.4, 0.5) is 0 Å². The van der Waals surface area contributed by atoms with Crippen molar-refractivity contribution in [2.75, 3.05) is 0 Å². The van der Waals surface area contributed by atoms with Gasteiger partial charge in [-0.3, -0.25) is 14.4 Å². The van der Waals surface area contributed by atoms with Crippen molar-refractivity contribution in [1.82, 2.24) is 10.2 Å². The van der Waals surface area contributed by atoms with Gasteiger partial charge in [-0.05, 0) is 36.2 Å². The Kier molecular flexibility index (Phi) is 8.48. The summed E-state index contributed by atoms with van der Waals surface area (Å²) < 4.78 is -0.703. The fraction of sp³-hybridized carbons (Fsp3) is 0.467. The fourth-order valence-corrected chi connectivity index (χ4v) is 5.54. The van der Waals surface area contributed by atoms with Gasteiger partial charge in [0, 0.05) is 63.9 Å². The number of thiophene rings is 1. The number of carboxylic acid groups (broad SMARTS) is 2. The average Bonchev–Trinajstić information content (AvgIpc) is 3.09. The Bertz CT molecular complexity index is 757. The number of hydrogen-bond acceptors (Lipinski definition) is 6. The van der Waals surface area contributed by atoms with Crippen LogP contribution >= 0.6 is 23.1 Å². The third-order valence-corrected chi connectivity index (χ3v) is 6.63. The van der Waals surface area contributed by atoms with Crippen LogP contribution in [0.3, 0.4) is 0 Å². The number of carboxylic acids is 2. The second kappa shape index (κ2) is 9.17. The van der Waals surface area contributed by atoms with Crippen LogP contribution in [0.2, 0.25) is 0 Å². The zero-order valence-corrected chi connectivity index (χ0v) is 21.0. The molecule has 2 saturated heterocycles. The maximum atomic E-state index is 12.4. The van der Waals surface area contributed by atoms with Crippen molar-refractivity contribution in [3.05, 3.63) is 22.4 Å². The van der Waals surface area contributed by atoms with Crippen molar-refractivity contribution in [2.45, 2.75) is 42.0 Å². The van der Waals surface area contributed by atoms with E-state index in [2.05, 4.69) is 5.32 Å². The molecule has 2 aliphatic heterocycles. The van der Waals surface area contributed by atoms with Gasteiger partial charge in [-0.15, -0.1) is 11.8 Å². The molecule has 0 aromatic carbocycles. The number of nitrogens with one attached hydrogen (secondary N) is 1. The molecule has 2 aliphatic rings. The maximum Gasteiger partial charge on any atom is 0.327 e. The van der Waals surface area contributed by atoms with Crippen LogP contribution in [0.5, 0.6) is 0 Å². The smallest absolute Gasteiger partial charge is 0.327 e. The number of nitrogens with zero attached hydrogens (tertiary/aromatic N) is 1. The Morgan fingerprint density at radius 2 is 1.89 bits per heavy atom. The number of amides is 2. The van der Waals surface area contributed by atoms with Crippen molar-refractivity contribution in [1.29, 1.82) is 0 Å². The molecule has 4 atom stereocenters. The molecule has 0 unspecified atom stereocenters. The van der Waals surface area contributed by atoms with E-state index in [9.17, 15) is 29.4 Å². The van der Waals surface area contributed by atoms with Gasteiger partial charge in [-0.25, -0.2) is 4.79 Å². The number of aliphatic carboxylic acids is 2. The molecule has 1 aromatic rings. The zero-order valence-electron chi connectivity index (χ0n) is 15.3. The first kappa shape index (κ1) is 25.0. The third-order valence-electron chi connectivity index (χ3n) is 4.36. The molecule has 12 heteroatoms. The molecule has 2 amide bonds. The molecule has 0 spiro atoms. The van der Waals surface area contributed by atoms with E-state index < -0.39 is 51.9 Å². The summed E-state index contributed by atoms with van der Waals surface area (Å²) in [7, 11) is 0. The summed E-state index contributed by atoms with van der Waals surface area (Å²) in [5.41, 5.74) is 0.349. The van der Waals surface area contributed by atoms with Crippen molar-refractivity contribution < 1.29 is 29.4 Å². The molecule has 2 radical (unpaired) electrons. The Balaban J connectivity index is 0.00000182. The van der Waals surface area contributed by atoms with Gasteiger partial charge in [0.2, 0.25) is 11.8 Å². The van der Waals surface area contributed by atoms with E-state index in [-0.39, 0.29) is 59.1 Å². The van der Waals surface area contributed by atoms with E-state index in [1.54, 1.807) is 30.7 Å². The summed E-state index contributed by atoms with van der Waals surface area (Å²) in [6, 6.07) is -0.344. The number of hydrogen-bond donors (Lipinski definition) is 3. The maximum absolute atomic E-state index is 12.4. The fourth-order valence-electron chi connectivity index (χ4n) is 3.23. The minimum Gasteiger partial charge on any atom is -0.480 e. The Morgan fingerprint density at radius 1 is 1.26 bits per heavy atom. The molecule has 2 fully saturated rings. The van der Waals surface area contributed by atoms with Crippen LogP contribution in [0.25, 0.3) is 0 Å². The quantitative estimate of drug-likeness (QED) is 0.335. The van der Waals surface area contributed by atoms with Crippen molar-refractivity contribution in [3.63, 3.8) is 0 Å². The largest absolute Gasteiger partial charge is 0.480 e. The van der Waals surface area contributed by atoms with Crippen LogP contribution in [0, 0.1) is 0 Å². The summed E-state index contributed by atoms with van der Waals surface area (Å²) in [6.45, 7) is 3.46. The van der Waals surface area contributed by atoms with Gasteiger partial charge >= 0.3 is 11.9 Å². The molecule has 136 valence electrons. The van der Waals surface area contributed by atoms with Crippen molar-refractivity contribution in [3.8, 4) is 0 Å². The van der Waals surface area contributed by atoms with Crippen LogP contribution in [0.15, 0.2) is 16.8 Å². The van der Waals surface area contributed by atoms with Crippen LogP contribution in [-0.4, -0.2) is 120 Å². The number of β-lactam (4-membered cyclic amide) rings is 1. The van der Waals surface area contributed by atoms with E-state index in [1.807, 2.05) is 0 Å². The van der Waals surface area contributed by atoms with E-state index in [4.69, 9.17) is 0 Å². The molecule has 0 bridgehead atoms. The Morgan fingerprint density at radius 3 is 2.37 bits per heavy atom. The van der Waals surface area contributed by atoms with E-state index in [0.29, 0.717) is 5.56 Å². The van der Waals surface area contributed by atoms with Gasteiger partial charge in [0.1, 0.15) is 17.5 Å². The van der Waals surface area contributed by atoms with Gasteiger partial charge < -0.3 is 20.4 Å². The predicted octanol–water partition coefficient (Wildman–Crippen LogP) is -0.214. The Labute approximate surface area is 208 Å². The SMILES string of the molecule is CC1(C)S[C@H]2[C@@H](NC(=O)[C@@H](C(=O)O)c3ccsc3)C(=O)N2[C@@H]1C(=O)O.[Na].[Na]. The van der Waals surface area contributed by atoms with Gasteiger partial charge in [0.15, 0.2) is 5.92 Å². The predicted molar refractivity (Wildman–Crippen MR) is 102 cm³/mol. The monoisotopic (exact) mass is 430 g/mol. The van der Waals surface area contributed by atoms with E-state index >= 15 is 0 Å². The van der Waals surface area contributed by atoms with Gasteiger partial charge in [0.25, 0.3) is 0 Å². The summed E-state index contributed by atoms with van der Waals surface area (Å²) >= 11 is 2.56. The first-order chi connectivity index (χ1) is 11.6. The molecule has 3 rings (SSSR count). The zero-order chi connectivity index (χ0) is 18.5. The first-order valence-electron chi connectivity index (χ1n) is 7.43. The molecule has 3 heterocycles. The normalized spacial score (nSPS) is 25.9. The molecule has 3 N–H and O–H groups in total. The number of carbonyl (C=O) groups excluding carboxylic acids is 2. The first-order valence-corrected chi connectivity index (χ1v) is 9.25. The second-order valence-electron chi connectivity index (χ2n) is 6.41. The van der Waals surface area contributed by atoms with Gasteiger partial charge in [0.05, 0.1) is 0 Å². The average molecular weight is 430 g/mol. The minimum atomic E-state index is -1.40. The summed E-state index contributed by atoms with van der Waals surface area (Å²) in [5.74, 6) is -5.08. The molecule has 27 heavy (non-hydrogen) atoms. The summed E-state index contributed by atoms with van der Waals surface area (Å²) in [6.07, 6.45) is 0. The van der Waals surface area contributed by atoms with E-state index in [0.717, 1.165) is 0 Å². The van der Waals surface area contributed by atoms with Crippen LogP contribution < -0.4 is 5.32 Å². The number of carbonyl (C=O) groups is 4. The summed E-state index contributed by atoms with van der Waals surface area (Å²) in [4.78, 5) is 48.9. The molecular formula is C15H16N2Na2O6S2. The number of fused-ring (bicyclic) bond motifs is 1. The third kappa shape index (κ3) is 4.42. The number of thioether (sulfide) groups is 1. The van der Waals surface area contributed by atoms with Crippen LogP contribution in [0.1, 0.15) is 25.3 Å². The topological polar surface area (TPSA) is 124 Å². The molecule has 0 aliphatic carbocycles. The summed E-state index contributed by atoms with van der Waals surface area (Å²) in [5, 5.41) is 23.9. The van der Waals surface area contributed by atoms with E-state index in [1.165, 1.54) is 28.0 Å². The van der Waals surface area contributed by atoms with Gasteiger partial charge in [-0.1, -0.05) is 0 Å². The van der Waals surface area contributed by atoms with Crippen molar-refractivity contribution >= 4 is 106 Å². The minimum absolute atomic E-state index is 0. The standard InChI is InChI=1S/C15H16N2O6S2.2Na/c1-15(2)9(14(22)23)17-11(19)8(12(17)25-15)16-10(18)7(13(20)21)6-3-4-24-5-6;;/h3-5,7-9,12H,1-2H3,(H,16,18)(H,20,21)(H,22,23);;/t7-,8-,9+,12-;;/m0../s1. The molecule has 0 saturated carbocycles. The van der Waals surface area contributed by atoms with Crippen LogP contribution in [-0.2, 0) is 19.2 Å². The van der Waals surface area contributed by atoms with Gasteiger partial charge in [-0.2, -0.15) is 11.3 Å².